The van der Waals surface area contributed by atoms with Crippen LogP contribution in [0.15, 0.2) is 18.2 Å². The number of hydrogen-bond donors (Lipinski definition) is 1. The molecule has 1 heteroatoms. The molecule has 1 fully saturated rings. The molecule has 1 aromatic carbocycles. The molecule has 2 rings (SSSR count). The number of rotatable bonds is 5. The Balaban J connectivity index is 2.17. The lowest BCUT2D eigenvalue weighted by Gasteiger charge is -2.54. The van der Waals surface area contributed by atoms with Crippen molar-refractivity contribution in [3.8, 4) is 0 Å². The first-order valence-corrected chi connectivity index (χ1v) is 8.03. The maximum absolute atomic E-state index is 3.70. The fourth-order valence-electron chi connectivity index (χ4n) is 3.88. The summed E-state index contributed by atoms with van der Waals surface area (Å²) in [7, 11) is 0. The second kappa shape index (κ2) is 5.52. The Morgan fingerprint density at radius 1 is 1.10 bits per heavy atom. The average Bonchev–Trinajstić information content (AvgIpc) is 2.29. The summed E-state index contributed by atoms with van der Waals surface area (Å²) in [4.78, 5) is 0. The molecule has 1 N–H and O–H groups in total. The van der Waals surface area contributed by atoms with Gasteiger partial charge in [-0.15, -0.1) is 0 Å². The summed E-state index contributed by atoms with van der Waals surface area (Å²) >= 11 is 0. The summed E-state index contributed by atoms with van der Waals surface area (Å²) in [5, 5.41) is 3.70. The van der Waals surface area contributed by atoms with Gasteiger partial charge < -0.3 is 5.32 Å². The van der Waals surface area contributed by atoms with Crippen LogP contribution in [-0.4, -0.2) is 13.1 Å². The van der Waals surface area contributed by atoms with E-state index in [-0.39, 0.29) is 0 Å². The van der Waals surface area contributed by atoms with Gasteiger partial charge in [0.2, 0.25) is 0 Å². The van der Waals surface area contributed by atoms with Gasteiger partial charge in [-0.2, -0.15) is 0 Å². The number of hydrogen-bond acceptors (Lipinski definition) is 1. The molecular weight excluding hydrogens is 242 g/mol. The van der Waals surface area contributed by atoms with Crippen molar-refractivity contribution in [2.24, 2.45) is 11.3 Å². The van der Waals surface area contributed by atoms with Crippen LogP contribution in [0.25, 0.3) is 0 Å². The van der Waals surface area contributed by atoms with E-state index in [0.717, 1.165) is 19.0 Å². The number of aryl methyl sites for hydroxylation is 2. The number of benzene rings is 1. The summed E-state index contributed by atoms with van der Waals surface area (Å²) in [6, 6.07) is 7.07. The van der Waals surface area contributed by atoms with E-state index in [1.807, 2.05) is 0 Å². The van der Waals surface area contributed by atoms with E-state index in [4.69, 9.17) is 0 Å². The topological polar surface area (TPSA) is 12.0 Å². The van der Waals surface area contributed by atoms with E-state index in [0.29, 0.717) is 10.8 Å². The first kappa shape index (κ1) is 15.6. The summed E-state index contributed by atoms with van der Waals surface area (Å²) in [5.41, 5.74) is 5.22. The van der Waals surface area contributed by atoms with Crippen LogP contribution in [-0.2, 0) is 5.41 Å². The Bertz CT molecular complexity index is 463. The lowest BCUT2D eigenvalue weighted by Crippen LogP contribution is -2.52. The van der Waals surface area contributed by atoms with Crippen LogP contribution >= 0.6 is 0 Å². The summed E-state index contributed by atoms with van der Waals surface area (Å²) in [5.74, 6) is 0.722. The first-order chi connectivity index (χ1) is 9.24. The highest BCUT2D eigenvalue weighted by Gasteiger charge is 2.49. The molecule has 1 aliphatic carbocycles. The third-order valence-electron chi connectivity index (χ3n) is 4.77. The highest BCUT2D eigenvalue weighted by atomic mass is 14.9. The van der Waals surface area contributed by atoms with Crippen molar-refractivity contribution in [2.45, 2.75) is 59.8 Å². The molecule has 0 saturated heterocycles. The van der Waals surface area contributed by atoms with Crippen LogP contribution in [0.3, 0.4) is 0 Å². The van der Waals surface area contributed by atoms with Crippen molar-refractivity contribution < 1.29 is 0 Å². The summed E-state index contributed by atoms with van der Waals surface area (Å²) in [6.07, 6.45) is 2.60. The average molecular weight is 273 g/mol. The van der Waals surface area contributed by atoms with E-state index in [1.165, 1.54) is 29.5 Å². The van der Waals surface area contributed by atoms with Crippen molar-refractivity contribution in [3.05, 3.63) is 34.9 Å². The predicted molar refractivity (Wildman–Crippen MR) is 88.3 cm³/mol. The van der Waals surface area contributed by atoms with Gasteiger partial charge in [-0.1, -0.05) is 45.9 Å². The van der Waals surface area contributed by atoms with Gasteiger partial charge in [0.15, 0.2) is 0 Å². The molecule has 0 radical (unpaired) electrons. The monoisotopic (exact) mass is 273 g/mol. The molecule has 1 aromatic rings. The van der Waals surface area contributed by atoms with Crippen LogP contribution in [0.5, 0.6) is 0 Å². The maximum Gasteiger partial charge on any atom is 0.00880 e. The molecule has 0 amide bonds. The molecule has 0 spiro atoms. The van der Waals surface area contributed by atoms with Crippen molar-refractivity contribution in [1.82, 2.24) is 5.32 Å². The zero-order valence-corrected chi connectivity index (χ0v) is 14.1. The smallest absolute Gasteiger partial charge is 0.00880 e. The minimum atomic E-state index is 0.358. The SMILES string of the molecule is Cc1ccc(C2(CNCC(C)C)CC(C)(C)C2)cc1C. The Kier molecular flexibility index (Phi) is 4.30. The van der Waals surface area contributed by atoms with E-state index in [9.17, 15) is 0 Å². The normalized spacial score (nSPS) is 19.9. The van der Waals surface area contributed by atoms with Crippen LogP contribution in [0.1, 0.15) is 57.2 Å². The molecule has 0 heterocycles. The first-order valence-electron chi connectivity index (χ1n) is 8.03. The molecule has 0 aliphatic heterocycles. The van der Waals surface area contributed by atoms with Gasteiger partial charge in [-0.25, -0.2) is 0 Å². The van der Waals surface area contributed by atoms with E-state index in [2.05, 4.69) is 65.1 Å². The van der Waals surface area contributed by atoms with Gasteiger partial charge in [-0.05, 0) is 61.3 Å². The third-order valence-corrected chi connectivity index (χ3v) is 4.77. The molecule has 1 nitrogen and oxygen atoms in total. The fraction of sp³-hybridized carbons (Fsp3) is 0.684. The second-order valence-electron chi connectivity index (χ2n) is 8.12. The maximum atomic E-state index is 3.70. The minimum Gasteiger partial charge on any atom is -0.316 e. The largest absolute Gasteiger partial charge is 0.316 e. The van der Waals surface area contributed by atoms with Gasteiger partial charge in [0.25, 0.3) is 0 Å². The van der Waals surface area contributed by atoms with Crippen molar-refractivity contribution in [2.75, 3.05) is 13.1 Å². The number of nitrogens with one attached hydrogen (secondary N) is 1. The fourth-order valence-corrected chi connectivity index (χ4v) is 3.88. The molecule has 0 atom stereocenters. The molecule has 20 heavy (non-hydrogen) atoms. The summed E-state index contributed by atoms with van der Waals surface area (Å²) < 4.78 is 0. The van der Waals surface area contributed by atoms with Gasteiger partial charge in [0.1, 0.15) is 0 Å². The Hall–Kier alpha value is -0.820. The lowest BCUT2D eigenvalue weighted by molar-refractivity contribution is 0.0558. The summed E-state index contributed by atoms with van der Waals surface area (Å²) in [6.45, 7) is 16.0. The Morgan fingerprint density at radius 3 is 2.25 bits per heavy atom. The zero-order chi connectivity index (χ0) is 15.0. The quantitative estimate of drug-likeness (QED) is 0.826. The Labute approximate surface area is 125 Å². The van der Waals surface area contributed by atoms with Crippen molar-refractivity contribution >= 4 is 0 Å². The van der Waals surface area contributed by atoms with Crippen LogP contribution in [0.2, 0.25) is 0 Å². The van der Waals surface area contributed by atoms with Gasteiger partial charge >= 0.3 is 0 Å². The van der Waals surface area contributed by atoms with E-state index in [1.54, 1.807) is 0 Å². The minimum absolute atomic E-state index is 0.358. The molecule has 0 unspecified atom stereocenters. The van der Waals surface area contributed by atoms with Crippen LogP contribution in [0, 0.1) is 25.2 Å². The standard InChI is InChI=1S/C19H31N/c1-14(2)10-20-13-19(11-18(5,6)12-19)17-8-7-15(3)16(4)9-17/h7-9,14,20H,10-13H2,1-6H3. The third kappa shape index (κ3) is 3.25. The zero-order valence-electron chi connectivity index (χ0n) is 14.1. The molecule has 0 bridgehead atoms. The van der Waals surface area contributed by atoms with E-state index < -0.39 is 0 Å². The van der Waals surface area contributed by atoms with Gasteiger partial charge in [-0.3, -0.25) is 0 Å². The molecule has 112 valence electrons. The molecule has 0 aromatic heterocycles. The van der Waals surface area contributed by atoms with Crippen LogP contribution in [0.4, 0.5) is 0 Å². The Morgan fingerprint density at radius 2 is 1.75 bits per heavy atom. The van der Waals surface area contributed by atoms with Gasteiger partial charge in [0.05, 0.1) is 0 Å². The van der Waals surface area contributed by atoms with Crippen LogP contribution < -0.4 is 5.32 Å². The highest BCUT2D eigenvalue weighted by molar-refractivity contribution is 5.37. The lowest BCUT2D eigenvalue weighted by atomic mass is 9.51. The van der Waals surface area contributed by atoms with E-state index >= 15 is 0 Å². The molecule has 1 aliphatic rings. The second-order valence-corrected chi connectivity index (χ2v) is 8.12. The van der Waals surface area contributed by atoms with Crippen molar-refractivity contribution in [3.63, 3.8) is 0 Å². The van der Waals surface area contributed by atoms with Gasteiger partial charge in [0, 0.05) is 12.0 Å². The molecular formula is C19H31N. The highest BCUT2D eigenvalue weighted by Crippen LogP contribution is 2.55. The predicted octanol–water partition coefficient (Wildman–Crippen LogP) is 4.61. The molecule has 1 saturated carbocycles. The van der Waals surface area contributed by atoms with Crippen molar-refractivity contribution in [1.29, 1.82) is 0 Å².